The minimum atomic E-state index is -0.218. The van der Waals surface area contributed by atoms with Crippen LogP contribution in [-0.4, -0.2) is 50.7 Å². The van der Waals surface area contributed by atoms with Gasteiger partial charge in [0, 0.05) is 0 Å². The van der Waals surface area contributed by atoms with E-state index in [-0.39, 0.29) is 19.0 Å². The Kier molecular flexibility index (Phi) is 11.9. The van der Waals surface area contributed by atoms with E-state index >= 15 is 0 Å². The highest BCUT2D eigenvalue weighted by Gasteiger charge is 2.01. The number of hydrogen-bond acceptors (Lipinski definition) is 5. The van der Waals surface area contributed by atoms with Crippen LogP contribution < -0.4 is 0 Å². The first-order chi connectivity index (χ1) is 7.81. The van der Waals surface area contributed by atoms with Crippen LogP contribution >= 0.6 is 0 Å². The molecule has 5 nitrogen and oxygen atoms in total. The van der Waals surface area contributed by atoms with Gasteiger partial charge in [0.2, 0.25) is 0 Å². The molecule has 0 spiro atoms. The van der Waals surface area contributed by atoms with Crippen LogP contribution in [0.1, 0.15) is 26.2 Å². The van der Waals surface area contributed by atoms with Gasteiger partial charge in [-0.3, -0.25) is 4.79 Å². The molecule has 0 atom stereocenters. The highest BCUT2D eigenvalue weighted by Crippen LogP contribution is 1.92. The molecular formula is C11H22O5. The lowest BCUT2D eigenvalue weighted by Crippen LogP contribution is -2.12. The minimum Gasteiger partial charge on any atom is -0.466 e. The maximum absolute atomic E-state index is 11.1. The van der Waals surface area contributed by atoms with E-state index in [9.17, 15) is 4.79 Å². The van der Waals surface area contributed by atoms with Crippen molar-refractivity contribution in [1.29, 1.82) is 0 Å². The summed E-state index contributed by atoms with van der Waals surface area (Å²) in [6, 6.07) is 0. The van der Waals surface area contributed by atoms with Gasteiger partial charge in [-0.25, -0.2) is 0 Å². The zero-order chi connectivity index (χ0) is 12.1. The Morgan fingerprint density at radius 1 is 1.06 bits per heavy atom. The normalized spacial score (nSPS) is 10.4. The summed E-state index contributed by atoms with van der Waals surface area (Å²) in [5, 5.41) is 8.42. The van der Waals surface area contributed by atoms with E-state index in [4.69, 9.17) is 19.3 Å². The Balaban J connectivity index is 3.09. The van der Waals surface area contributed by atoms with Crippen molar-refractivity contribution in [3.05, 3.63) is 0 Å². The van der Waals surface area contributed by atoms with Crippen LogP contribution in [0.25, 0.3) is 0 Å². The molecule has 0 saturated heterocycles. The Morgan fingerprint density at radius 2 is 1.75 bits per heavy atom. The first-order valence-corrected chi connectivity index (χ1v) is 5.73. The van der Waals surface area contributed by atoms with Crippen LogP contribution in [0.4, 0.5) is 0 Å². The van der Waals surface area contributed by atoms with Crippen molar-refractivity contribution in [3.8, 4) is 0 Å². The molecule has 0 fully saturated rings. The fourth-order valence-corrected chi connectivity index (χ4v) is 0.945. The number of aliphatic hydroxyl groups is 1. The third kappa shape index (κ3) is 11.4. The smallest absolute Gasteiger partial charge is 0.308 e. The van der Waals surface area contributed by atoms with Crippen LogP contribution in [-0.2, 0) is 19.0 Å². The highest BCUT2D eigenvalue weighted by atomic mass is 16.5. The number of aliphatic hydroxyl groups excluding tert-OH is 1. The maximum Gasteiger partial charge on any atom is 0.308 e. The Morgan fingerprint density at radius 3 is 2.38 bits per heavy atom. The average molecular weight is 234 g/mol. The molecule has 0 unspecified atom stereocenters. The molecule has 0 saturated carbocycles. The van der Waals surface area contributed by atoms with Crippen LogP contribution in [0.5, 0.6) is 0 Å². The van der Waals surface area contributed by atoms with E-state index < -0.39 is 0 Å². The van der Waals surface area contributed by atoms with Gasteiger partial charge in [-0.1, -0.05) is 13.3 Å². The monoisotopic (exact) mass is 234 g/mol. The molecule has 1 N–H and O–H groups in total. The summed E-state index contributed by atoms with van der Waals surface area (Å²) in [6.45, 7) is 4.10. The maximum atomic E-state index is 11.1. The SMILES string of the molecule is CCCCOC(=O)CCOCCOCCO. The van der Waals surface area contributed by atoms with E-state index in [1.54, 1.807) is 0 Å². The number of unbranched alkanes of at least 4 members (excludes halogenated alkanes) is 1. The molecule has 0 aromatic rings. The summed E-state index contributed by atoms with van der Waals surface area (Å²) >= 11 is 0. The quantitative estimate of drug-likeness (QED) is 0.422. The third-order valence-electron chi connectivity index (χ3n) is 1.82. The molecule has 0 amide bonds. The van der Waals surface area contributed by atoms with Gasteiger partial charge >= 0.3 is 5.97 Å². The largest absolute Gasteiger partial charge is 0.466 e. The van der Waals surface area contributed by atoms with Gasteiger partial charge in [0.1, 0.15) is 0 Å². The van der Waals surface area contributed by atoms with Crippen LogP contribution in [0.15, 0.2) is 0 Å². The van der Waals surface area contributed by atoms with Crippen molar-refractivity contribution in [2.75, 3.05) is 39.6 Å². The van der Waals surface area contributed by atoms with Gasteiger partial charge in [-0.2, -0.15) is 0 Å². The molecule has 0 aromatic carbocycles. The summed E-state index contributed by atoms with van der Waals surface area (Å²) in [5.41, 5.74) is 0. The Bertz CT molecular complexity index is 160. The highest BCUT2D eigenvalue weighted by molar-refractivity contribution is 5.69. The molecule has 16 heavy (non-hydrogen) atoms. The minimum absolute atomic E-state index is 0.0176. The predicted octanol–water partition coefficient (Wildman–Crippen LogP) is 0.745. The second kappa shape index (κ2) is 12.4. The first kappa shape index (κ1) is 15.3. The van der Waals surface area contributed by atoms with Gasteiger partial charge in [0.05, 0.1) is 46.1 Å². The zero-order valence-electron chi connectivity index (χ0n) is 9.94. The predicted molar refractivity (Wildman–Crippen MR) is 59.2 cm³/mol. The standard InChI is InChI=1S/C11H22O5/c1-2-3-6-16-11(13)4-7-14-9-10-15-8-5-12/h12H,2-10H2,1H3. The van der Waals surface area contributed by atoms with Gasteiger partial charge in [0.15, 0.2) is 0 Å². The molecule has 0 aliphatic carbocycles. The van der Waals surface area contributed by atoms with Gasteiger partial charge < -0.3 is 19.3 Å². The summed E-state index contributed by atoms with van der Waals surface area (Å²) in [7, 11) is 0. The Labute approximate surface area is 96.7 Å². The number of rotatable bonds is 11. The number of carbonyl (C=O) groups excluding carboxylic acids is 1. The number of hydrogen-bond donors (Lipinski definition) is 1. The molecule has 0 bridgehead atoms. The molecule has 96 valence electrons. The number of carbonyl (C=O) groups is 1. The molecule has 0 rings (SSSR count). The van der Waals surface area contributed by atoms with Crippen molar-refractivity contribution >= 4 is 5.97 Å². The van der Waals surface area contributed by atoms with Crippen molar-refractivity contribution in [1.82, 2.24) is 0 Å². The van der Waals surface area contributed by atoms with Crippen LogP contribution in [0, 0.1) is 0 Å². The molecule has 0 aliphatic heterocycles. The summed E-state index contributed by atoms with van der Waals surface area (Å²) in [6.07, 6.45) is 2.21. The van der Waals surface area contributed by atoms with E-state index in [2.05, 4.69) is 0 Å². The van der Waals surface area contributed by atoms with Crippen LogP contribution in [0.3, 0.4) is 0 Å². The molecule has 5 heteroatoms. The van der Waals surface area contributed by atoms with Crippen molar-refractivity contribution < 1.29 is 24.1 Å². The summed E-state index contributed by atoms with van der Waals surface area (Å²) in [5.74, 6) is -0.218. The lowest BCUT2D eigenvalue weighted by Gasteiger charge is -2.05. The second-order valence-corrected chi connectivity index (χ2v) is 3.27. The first-order valence-electron chi connectivity index (χ1n) is 5.73. The van der Waals surface area contributed by atoms with E-state index in [0.29, 0.717) is 33.0 Å². The van der Waals surface area contributed by atoms with Crippen molar-refractivity contribution in [2.24, 2.45) is 0 Å². The molecule has 0 heterocycles. The molecule has 0 aliphatic rings. The number of esters is 1. The van der Waals surface area contributed by atoms with Gasteiger partial charge in [0.25, 0.3) is 0 Å². The van der Waals surface area contributed by atoms with Crippen molar-refractivity contribution in [2.45, 2.75) is 26.2 Å². The summed E-state index contributed by atoms with van der Waals surface area (Å²) in [4.78, 5) is 11.1. The summed E-state index contributed by atoms with van der Waals surface area (Å²) < 4.78 is 15.1. The van der Waals surface area contributed by atoms with E-state index in [1.165, 1.54) is 0 Å². The lowest BCUT2D eigenvalue weighted by atomic mass is 10.4. The Hall–Kier alpha value is -0.650. The molecule has 0 radical (unpaired) electrons. The number of ether oxygens (including phenoxy) is 3. The van der Waals surface area contributed by atoms with Gasteiger partial charge in [-0.15, -0.1) is 0 Å². The average Bonchev–Trinajstić information content (AvgIpc) is 2.28. The van der Waals surface area contributed by atoms with Crippen LogP contribution in [0.2, 0.25) is 0 Å². The third-order valence-corrected chi connectivity index (χ3v) is 1.82. The molecule has 0 aromatic heterocycles. The van der Waals surface area contributed by atoms with E-state index in [0.717, 1.165) is 12.8 Å². The topological polar surface area (TPSA) is 65.0 Å². The van der Waals surface area contributed by atoms with Gasteiger partial charge in [-0.05, 0) is 6.42 Å². The fraction of sp³-hybridized carbons (Fsp3) is 0.909. The van der Waals surface area contributed by atoms with Crippen molar-refractivity contribution in [3.63, 3.8) is 0 Å². The fourth-order valence-electron chi connectivity index (χ4n) is 0.945. The molecular weight excluding hydrogens is 212 g/mol. The second-order valence-electron chi connectivity index (χ2n) is 3.27. The van der Waals surface area contributed by atoms with E-state index in [1.807, 2.05) is 6.92 Å². The lowest BCUT2D eigenvalue weighted by molar-refractivity contribution is -0.145. The zero-order valence-corrected chi connectivity index (χ0v) is 9.94.